The summed E-state index contributed by atoms with van der Waals surface area (Å²) in [6.45, 7) is 5.14. The van der Waals surface area contributed by atoms with Crippen molar-refractivity contribution in [3.05, 3.63) is 63.2 Å². The van der Waals surface area contributed by atoms with Gasteiger partial charge in [0, 0.05) is 6.07 Å². The molecule has 6 heteroatoms. The van der Waals surface area contributed by atoms with Crippen molar-refractivity contribution >= 4 is 17.6 Å². The first-order chi connectivity index (χ1) is 10.9. The summed E-state index contributed by atoms with van der Waals surface area (Å²) in [4.78, 5) is 35.7. The summed E-state index contributed by atoms with van der Waals surface area (Å²) in [6.07, 6.45) is 0. The van der Waals surface area contributed by atoms with Crippen molar-refractivity contribution in [1.82, 2.24) is 0 Å². The van der Waals surface area contributed by atoms with Crippen molar-refractivity contribution < 1.29 is 18.7 Å². The van der Waals surface area contributed by atoms with Crippen LogP contribution >= 0.6 is 0 Å². The van der Waals surface area contributed by atoms with Crippen LogP contribution in [0.5, 0.6) is 0 Å². The maximum Gasteiger partial charge on any atom is 0.340 e. The molecule has 120 valence electrons. The Morgan fingerprint density at radius 2 is 1.91 bits per heavy atom. The summed E-state index contributed by atoms with van der Waals surface area (Å²) < 4.78 is 9.93. The van der Waals surface area contributed by atoms with Crippen LogP contribution in [0.3, 0.4) is 0 Å². The van der Waals surface area contributed by atoms with E-state index in [-0.39, 0.29) is 23.5 Å². The summed E-state index contributed by atoms with van der Waals surface area (Å²) in [6, 6.07) is 7.80. The third-order valence-electron chi connectivity index (χ3n) is 3.23. The van der Waals surface area contributed by atoms with Gasteiger partial charge in [0.05, 0.1) is 23.4 Å². The Morgan fingerprint density at radius 3 is 2.57 bits per heavy atom. The van der Waals surface area contributed by atoms with Crippen LogP contribution in [0, 0.1) is 13.8 Å². The fourth-order valence-corrected chi connectivity index (χ4v) is 2.26. The van der Waals surface area contributed by atoms with Crippen molar-refractivity contribution in [1.29, 1.82) is 0 Å². The molecular weight excluding hydrogens is 298 g/mol. The van der Waals surface area contributed by atoms with Gasteiger partial charge in [-0.25, -0.2) is 9.59 Å². The zero-order valence-electron chi connectivity index (χ0n) is 13.1. The van der Waals surface area contributed by atoms with Crippen LogP contribution in [0.4, 0.5) is 5.69 Å². The van der Waals surface area contributed by atoms with Gasteiger partial charge in [-0.15, -0.1) is 0 Å². The molecule has 0 aliphatic rings. The van der Waals surface area contributed by atoms with E-state index >= 15 is 0 Å². The summed E-state index contributed by atoms with van der Waals surface area (Å²) in [5, 5.41) is 2.67. The van der Waals surface area contributed by atoms with Crippen LogP contribution in [0.15, 0.2) is 39.5 Å². The SMILES string of the molecule is CCOC(=O)c1ccccc1NC(=O)c1c(C)cc(=O)oc1C. The second kappa shape index (κ2) is 6.91. The summed E-state index contributed by atoms with van der Waals surface area (Å²) >= 11 is 0. The van der Waals surface area contributed by atoms with Crippen LogP contribution in [-0.4, -0.2) is 18.5 Å². The highest BCUT2D eigenvalue weighted by atomic mass is 16.5. The van der Waals surface area contributed by atoms with Crippen molar-refractivity contribution in [3.63, 3.8) is 0 Å². The fourth-order valence-electron chi connectivity index (χ4n) is 2.26. The lowest BCUT2D eigenvalue weighted by Gasteiger charge is -2.12. The molecule has 0 unspecified atom stereocenters. The number of esters is 1. The van der Waals surface area contributed by atoms with Crippen LogP contribution < -0.4 is 10.9 Å². The number of hydrogen-bond donors (Lipinski definition) is 1. The van der Waals surface area contributed by atoms with E-state index < -0.39 is 17.5 Å². The Bertz CT molecular complexity index is 781. The van der Waals surface area contributed by atoms with Crippen molar-refractivity contribution in [2.75, 3.05) is 11.9 Å². The molecule has 1 aromatic carbocycles. The van der Waals surface area contributed by atoms with Crippen LogP contribution in [-0.2, 0) is 4.74 Å². The quantitative estimate of drug-likeness (QED) is 0.877. The number of hydrogen-bond acceptors (Lipinski definition) is 5. The zero-order valence-corrected chi connectivity index (χ0v) is 13.1. The van der Waals surface area contributed by atoms with E-state index in [0.29, 0.717) is 11.3 Å². The molecule has 2 aromatic rings. The molecule has 0 bridgehead atoms. The van der Waals surface area contributed by atoms with E-state index in [1.54, 1.807) is 45.0 Å². The lowest BCUT2D eigenvalue weighted by molar-refractivity contribution is 0.0527. The monoisotopic (exact) mass is 315 g/mol. The molecule has 0 fully saturated rings. The summed E-state index contributed by atoms with van der Waals surface area (Å²) in [5.74, 6) is -0.752. The number of nitrogens with one attached hydrogen (secondary N) is 1. The molecule has 0 spiro atoms. The van der Waals surface area contributed by atoms with Gasteiger partial charge < -0.3 is 14.5 Å². The molecule has 0 saturated carbocycles. The van der Waals surface area contributed by atoms with E-state index in [1.807, 2.05) is 0 Å². The first-order valence-electron chi connectivity index (χ1n) is 7.13. The maximum atomic E-state index is 12.5. The van der Waals surface area contributed by atoms with Crippen molar-refractivity contribution in [2.45, 2.75) is 20.8 Å². The Kier molecular flexibility index (Phi) is 4.95. The summed E-state index contributed by atoms with van der Waals surface area (Å²) in [5.41, 5.74) is 0.855. The lowest BCUT2D eigenvalue weighted by Crippen LogP contribution is -2.19. The first-order valence-corrected chi connectivity index (χ1v) is 7.13. The average molecular weight is 315 g/mol. The number of amides is 1. The third-order valence-corrected chi connectivity index (χ3v) is 3.23. The average Bonchev–Trinajstić information content (AvgIpc) is 2.46. The highest BCUT2D eigenvalue weighted by molar-refractivity contribution is 6.09. The largest absolute Gasteiger partial charge is 0.462 e. The minimum atomic E-state index is -0.517. The Hall–Kier alpha value is -2.89. The Labute approximate surface area is 133 Å². The Balaban J connectivity index is 2.35. The molecule has 0 atom stereocenters. The summed E-state index contributed by atoms with van der Waals surface area (Å²) in [7, 11) is 0. The molecule has 6 nitrogen and oxygen atoms in total. The molecule has 2 rings (SSSR count). The number of carbonyl (C=O) groups excluding carboxylic acids is 2. The van der Waals surface area contributed by atoms with E-state index in [0.717, 1.165) is 0 Å². The number of carbonyl (C=O) groups is 2. The Morgan fingerprint density at radius 1 is 1.22 bits per heavy atom. The topological polar surface area (TPSA) is 85.6 Å². The van der Waals surface area contributed by atoms with Gasteiger partial charge in [-0.05, 0) is 38.5 Å². The van der Waals surface area contributed by atoms with Gasteiger partial charge in [0.15, 0.2) is 0 Å². The van der Waals surface area contributed by atoms with Crippen LogP contribution in [0.25, 0.3) is 0 Å². The van der Waals surface area contributed by atoms with Gasteiger partial charge in [-0.1, -0.05) is 12.1 Å². The van der Waals surface area contributed by atoms with Gasteiger partial charge in [0.2, 0.25) is 0 Å². The minimum Gasteiger partial charge on any atom is -0.462 e. The van der Waals surface area contributed by atoms with E-state index in [1.165, 1.54) is 6.07 Å². The predicted octanol–water partition coefficient (Wildman–Crippen LogP) is 2.69. The van der Waals surface area contributed by atoms with Gasteiger partial charge in [0.1, 0.15) is 5.76 Å². The van der Waals surface area contributed by atoms with E-state index in [9.17, 15) is 14.4 Å². The van der Waals surface area contributed by atoms with Crippen molar-refractivity contribution in [2.24, 2.45) is 0 Å². The van der Waals surface area contributed by atoms with Gasteiger partial charge >= 0.3 is 11.6 Å². The van der Waals surface area contributed by atoms with Gasteiger partial charge in [0.25, 0.3) is 5.91 Å². The highest BCUT2D eigenvalue weighted by Crippen LogP contribution is 2.19. The molecule has 23 heavy (non-hydrogen) atoms. The third kappa shape index (κ3) is 3.66. The van der Waals surface area contributed by atoms with Crippen LogP contribution in [0.1, 0.15) is 39.0 Å². The van der Waals surface area contributed by atoms with Gasteiger partial charge in [-0.3, -0.25) is 4.79 Å². The molecule has 0 saturated heterocycles. The molecule has 1 heterocycles. The smallest absolute Gasteiger partial charge is 0.340 e. The van der Waals surface area contributed by atoms with E-state index in [2.05, 4.69) is 5.32 Å². The molecule has 0 radical (unpaired) electrons. The predicted molar refractivity (Wildman–Crippen MR) is 84.8 cm³/mol. The van der Waals surface area contributed by atoms with Gasteiger partial charge in [-0.2, -0.15) is 0 Å². The fraction of sp³-hybridized carbons (Fsp3) is 0.235. The molecule has 0 aliphatic heterocycles. The number of anilines is 1. The second-order valence-corrected chi connectivity index (χ2v) is 4.90. The first kappa shape index (κ1) is 16.5. The van der Waals surface area contributed by atoms with Crippen LogP contribution in [0.2, 0.25) is 0 Å². The number of para-hydroxylation sites is 1. The second-order valence-electron chi connectivity index (χ2n) is 4.90. The van der Waals surface area contributed by atoms with E-state index in [4.69, 9.17) is 9.15 Å². The normalized spacial score (nSPS) is 10.2. The number of benzene rings is 1. The molecule has 1 N–H and O–H groups in total. The highest BCUT2D eigenvalue weighted by Gasteiger charge is 2.18. The number of aryl methyl sites for hydroxylation is 2. The standard InChI is InChI=1S/C17H17NO5/c1-4-22-17(21)12-7-5-6-8-13(12)18-16(20)15-10(2)9-14(19)23-11(15)3/h5-9H,4H2,1-3H3,(H,18,20). The zero-order chi connectivity index (χ0) is 17.0. The molecule has 1 aromatic heterocycles. The molecule has 0 aliphatic carbocycles. The minimum absolute atomic E-state index is 0.223. The number of rotatable bonds is 4. The lowest BCUT2D eigenvalue weighted by atomic mass is 10.1. The molecule has 1 amide bonds. The number of ether oxygens (including phenoxy) is 1. The van der Waals surface area contributed by atoms with Crippen molar-refractivity contribution in [3.8, 4) is 0 Å². The maximum absolute atomic E-state index is 12.5. The molecular formula is C17H17NO5.